The molecule has 1 saturated carbocycles. The van der Waals surface area contributed by atoms with Gasteiger partial charge in [-0.2, -0.15) is 0 Å². The summed E-state index contributed by atoms with van der Waals surface area (Å²) in [5.41, 5.74) is 0. The van der Waals surface area contributed by atoms with Crippen LogP contribution in [-0.2, 0) is 4.79 Å². The Morgan fingerprint density at radius 1 is 1.13 bits per heavy atom. The predicted octanol–water partition coefficient (Wildman–Crippen LogP) is 2.58. The van der Waals surface area contributed by atoms with Gasteiger partial charge in [-0.05, 0) is 43.4 Å². The Bertz CT molecular complexity index is 239. The highest BCUT2D eigenvalue weighted by molar-refractivity contribution is 5.79. The number of hydrogen-bond donors (Lipinski definition) is 1. The molecule has 0 radical (unpaired) electrons. The number of amides is 1. The maximum absolute atomic E-state index is 11.8. The quantitative estimate of drug-likeness (QED) is 0.706. The lowest BCUT2D eigenvalue weighted by molar-refractivity contribution is -0.129. The molecule has 86 valence electrons. The van der Waals surface area contributed by atoms with Crippen molar-refractivity contribution in [1.82, 2.24) is 5.32 Å². The molecule has 0 aromatic rings. The minimum absolute atomic E-state index is 0.327. The highest BCUT2D eigenvalue weighted by atomic mass is 16.1. The van der Waals surface area contributed by atoms with Gasteiger partial charge in [0.25, 0.3) is 0 Å². The number of hydrogen-bond acceptors (Lipinski definition) is 1. The number of nitrogens with one attached hydrogen (secondary N) is 1. The van der Waals surface area contributed by atoms with Crippen LogP contribution in [0.25, 0.3) is 0 Å². The largest absolute Gasteiger partial charge is 0.356 e. The topological polar surface area (TPSA) is 29.1 Å². The van der Waals surface area contributed by atoms with E-state index in [0.717, 1.165) is 24.8 Å². The molecule has 2 aliphatic rings. The molecule has 1 amide bonds. The summed E-state index contributed by atoms with van der Waals surface area (Å²) in [4.78, 5) is 11.8. The average molecular weight is 209 g/mol. The van der Waals surface area contributed by atoms with Gasteiger partial charge in [-0.1, -0.05) is 20.3 Å². The van der Waals surface area contributed by atoms with E-state index in [9.17, 15) is 4.79 Å². The molecule has 2 fully saturated rings. The molecule has 2 rings (SSSR count). The van der Waals surface area contributed by atoms with Gasteiger partial charge in [0.1, 0.15) is 0 Å². The van der Waals surface area contributed by atoms with Gasteiger partial charge < -0.3 is 5.32 Å². The third-order valence-corrected chi connectivity index (χ3v) is 4.54. The van der Waals surface area contributed by atoms with E-state index in [2.05, 4.69) is 19.2 Å². The van der Waals surface area contributed by atoms with Crippen LogP contribution in [0.3, 0.4) is 0 Å². The fourth-order valence-corrected chi connectivity index (χ4v) is 3.20. The summed E-state index contributed by atoms with van der Waals surface area (Å²) in [5.74, 6) is 2.98. The fraction of sp³-hybridized carbons (Fsp3) is 0.923. The number of carbonyl (C=O) groups is 1. The van der Waals surface area contributed by atoms with Crippen molar-refractivity contribution in [2.24, 2.45) is 23.7 Å². The van der Waals surface area contributed by atoms with Crippen LogP contribution in [0.2, 0.25) is 0 Å². The highest BCUT2D eigenvalue weighted by Crippen LogP contribution is 2.39. The van der Waals surface area contributed by atoms with Crippen molar-refractivity contribution in [2.75, 3.05) is 6.54 Å². The molecule has 1 saturated heterocycles. The van der Waals surface area contributed by atoms with Gasteiger partial charge in [-0.15, -0.1) is 0 Å². The van der Waals surface area contributed by atoms with Crippen molar-refractivity contribution >= 4 is 5.91 Å². The zero-order valence-corrected chi connectivity index (χ0v) is 9.96. The standard InChI is InChI=1S/C13H23NO/c1-9-5-6-11(8-10(9)2)12-4-3-7-14-13(12)15/h9-12H,3-8H2,1-2H3,(H,14,15). The molecular weight excluding hydrogens is 186 g/mol. The smallest absolute Gasteiger partial charge is 0.223 e. The van der Waals surface area contributed by atoms with E-state index in [1.165, 1.54) is 25.7 Å². The van der Waals surface area contributed by atoms with Crippen LogP contribution in [0.1, 0.15) is 46.0 Å². The van der Waals surface area contributed by atoms with Gasteiger partial charge >= 0.3 is 0 Å². The van der Waals surface area contributed by atoms with Gasteiger partial charge in [-0.25, -0.2) is 0 Å². The Morgan fingerprint density at radius 3 is 2.60 bits per heavy atom. The molecule has 1 aliphatic heterocycles. The van der Waals surface area contributed by atoms with Crippen LogP contribution in [0.5, 0.6) is 0 Å². The lowest BCUT2D eigenvalue weighted by Crippen LogP contribution is -2.41. The van der Waals surface area contributed by atoms with E-state index in [4.69, 9.17) is 0 Å². The van der Waals surface area contributed by atoms with Crippen LogP contribution >= 0.6 is 0 Å². The van der Waals surface area contributed by atoms with Crippen molar-refractivity contribution in [3.05, 3.63) is 0 Å². The van der Waals surface area contributed by atoms with Gasteiger partial charge in [0, 0.05) is 12.5 Å². The summed E-state index contributed by atoms with van der Waals surface area (Å²) < 4.78 is 0. The minimum atomic E-state index is 0.327. The van der Waals surface area contributed by atoms with Crippen molar-refractivity contribution in [2.45, 2.75) is 46.0 Å². The van der Waals surface area contributed by atoms with Crippen molar-refractivity contribution in [1.29, 1.82) is 0 Å². The number of rotatable bonds is 1. The Kier molecular flexibility index (Phi) is 3.32. The van der Waals surface area contributed by atoms with E-state index in [1.807, 2.05) is 0 Å². The third kappa shape index (κ3) is 2.35. The monoisotopic (exact) mass is 209 g/mol. The molecule has 2 nitrogen and oxygen atoms in total. The van der Waals surface area contributed by atoms with Crippen molar-refractivity contribution < 1.29 is 4.79 Å². The van der Waals surface area contributed by atoms with Crippen LogP contribution in [0.4, 0.5) is 0 Å². The first-order valence-electron chi connectivity index (χ1n) is 6.46. The van der Waals surface area contributed by atoms with Crippen LogP contribution < -0.4 is 5.32 Å². The van der Waals surface area contributed by atoms with E-state index >= 15 is 0 Å². The van der Waals surface area contributed by atoms with Crippen molar-refractivity contribution in [3.8, 4) is 0 Å². The summed E-state index contributed by atoms with van der Waals surface area (Å²) in [6, 6.07) is 0. The van der Waals surface area contributed by atoms with Crippen LogP contribution in [-0.4, -0.2) is 12.5 Å². The Hall–Kier alpha value is -0.530. The zero-order valence-electron chi connectivity index (χ0n) is 9.96. The first kappa shape index (κ1) is 11.0. The Balaban J connectivity index is 1.95. The average Bonchev–Trinajstić information content (AvgIpc) is 2.23. The second-order valence-electron chi connectivity index (χ2n) is 5.57. The molecule has 0 bridgehead atoms. The zero-order chi connectivity index (χ0) is 10.8. The number of piperidine rings is 1. The first-order chi connectivity index (χ1) is 7.18. The SMILES string of the molecule is CC1CCC(C2CCCNC2=O)CC1C. The molecular formula is C13H23NO. The second kappa shape index (κ2) is 4.54. The predicted molar refractivity (Wildman–Crippen MR) is 61.4 cm³/mol. The summed E-state index contributed by atoms with van der Waals surface area (Å²) in [6.45, 7) is 5.59. The van der Waals surface area contributed by atoms with Crippen LogP contribution in [0, 0.1) is 23.7 Å². The highest BCUT2D eigenvalue weighted by Gasteiger charge is 2.34. The van der Waals surface area contributed by atoms with E-state index < -0.39 is 0 Å². The molecule has 0 aromatic heterocycles. The first-order valence-corrected chi connectivity index (χ1v) is 6.46. The molecule has 4 atom stereocenters. The summed E-state index contributed by atoms with van der Waals surface area (Å²) >= 11 is 0. The molecule has 4 unspecified atom stereocenters. The molecule has 0 spiro atoms. The number of carbonyl (C=O) groups excluding carboxylic acids is 1. The second-order valence-corrected chi connectivity index (χ2v) is 5.57. The lowest BCUT2D eigenvalue weighted by Gasteiger charge is -2.37. The van der Waals surface area contributed by atoms with Gasteiger partial charge in [-0.3, -0.25) is 4.79 Å². The van der Waals surface area contributed by atoms with E-state index in [0.29, 0.717) is 17.7 Å². The summed E-state index contributed by atoms with van der Waals surface area (Å²) in [5, 5.41) is 3.02. The van der Waals surface area contributed by atoms with Gasteiger partial charge in [0.15, 0.2) is 0 Å². The fourth-order valence-electron chi connectivity index (χ4n) is 3.20. The van der Waals surface area contributed by atoms with Gasteiger partial charge in [0.05, 0.1) is 0 Å². The molecule has 1 N–H and O–H groups in total. The molecule has 1 aliphatic carbocycles. The van der Waals surface area contributed by atoms with Crippen molar-refractivity contribution in [3.63, 3.8) is 0 Å². The maximum Gasteiger partial charge on any atom is 0.223 e. The third-order valence-electron chi connectivity index (χ3n) is 4.54. The maximum atomic E-state index is 11.8. The molecule has 15 heavy (non-hydrogen) atoms. The molecule has 1 heterocycles. The Labute approximate surface area is 92.8 Å². The lowest BCUT2D eigenvalue weighted by atomic mass is 9.69. The Morgan fingerprint density at radius 2 is 1.93 bits per heavy atom. The summed E-state index contributed by atoms with van der Waals surface area (Å²) in [6.07, 6.45) is 6.15. The van der Waals surface area contributed by atoms with Gasteiger partial charge in [0.2, 0.25) is 5.91 Å². The normalized spacial score (nSPS) is 42.4. The van der Waals surface area contributed by atoms with E-state index in [-0.39, 0.29) is 0 Å². The van der Waals surface area contributed by atoms with E-state index in [1.54, 1.807) is 0 Å². The molecule has 0 aromatic carbocycles. The summed E-state index contributed by atoms with van der Waals surface area (Å²) in [7, 11) is 0. The minimum Gasteiger partial charge on any atom is -0.356 e. The van der Waals surface area contributed by atoms with Crippen LogP contribution in [0.15, 0.2) is 0 Å². The molecule has 2 heteroatoms.